The van der Waals surface area contributed by atoms with Gasteiger partial charge >= 0.3 is 5.97 Å². The number of aryl methyl sites for hydroxylation is 1. The third-order valence-electron chi connectivity index (χ3n) is 2.28. The SMILES string of the molecule is CCCc1[nH]nc(C(=O)OCC(C)C)c1S(=O)(=O)Cl. The Morgan fingerprint density at radius 3 is 2.58 bits per heavy atom. The minimum atomic E-state index is -4.05. The lowest BCUT2D eigenvalue weighted by molar-refractivity contribution is 0.0447. The zero-order valence-electron chi connectivity index (χ0n) is 11.1. The van der Waals surface area contributed by atoms with E-state index in [1.165, 1.54) is 0 Å². The molecule has 1 aromatic rings. The molecule has 0 saturated heterocycles. The van der Waals surface area contributed by atoms with Gasteiger partial charge in [-0.05, 0) is 12.3 Å². The van der Waals surface area contributed by atoms with Crippen molar-refractivity contribution in [3.05, 3.63) is 11.4 Å². The second-order valence-electron chi connectivity index (χ2n) is 4.56. The summed E-state index contributed by atoms with van der Waals surface area (Å²) in [5, 5.41) is 6.25. The topological polar surface area (TPSA) is 89.1 Å². The van der Waals surface area contributed by atoms with E-state index in [2.05, 4.69) is 10.2 Å². The molecule has 0 atom stereocenters. The molecule has 0 aliphatic heterocycles. The van der Waals surface area contributed by atoms with E-state index in [1.807, 2.05) is 20.8 Å². The van der Waals surface area contributed by atoms with Crippen molar-refractivity contribution in [3.63, 3.8) is 0 Å². The summed E-state index contributed by atoms with van der Waals surface area (Å²) in [6.07, 6.45) is 1.13. The van der Waals surface area contributed by atoms with Gasteiger partial charge in [0, 0.05) is 10.7 Å². The molecule has 19 heavy (non-hydrogen) atoms. The number of ether oxygens (including phenoxy) is 1. The smallest absolute Gasteiger partial charge is 0.360 e. The van der Waals surface area contributed by atoms with Gasteiger partial charge in [0.2, 0.25) is 0 Å². The Balaban J connectivity index is 3.11. The van der Waals surface area contributed by atoms with Crippen LogP contribution >= 0.6 is 10.7 Å². The summed E-state index contributed by atoms with van der Waals surface area (Å²) in [5.41, 5.74) is 0.0492. The molecule has 0 aliphatic carbocycles. The molecule has 1 heterocycles. The van der Waals surface area contributed by atoms with Crippen LogP contribution < -0.4 is 0 Å². The first kappa shape index (κ1) is 16.0. The average molecular weight is 309 g/mol. The van der Waals surface area contributed by atoms with Crippen LogP contribution in [0.25, 0.3) is 0 Å². The number of esters is 1. The fraction of sp³-hybridized carbons (Fsp3) is 0.636. The lowest BCUT2D eigenvalue weighted by Gasteiger charge is -2.06. The standard InChI is InChI=1S/C11H17ClN2O4S/c1-4-5-8-10(19(12,16)17)9(14-13-8)11(15)18-6-7(2)3/h7H,4-6H2,1-3H3,(H,13,14). The van der Waals surface area contributed by atoms with E-state index < -0.39 is 15.0 Å². The molecule has 0 saturated carbocycles. The van der Waals surface area contributed by atoms with Crippen LogP contribution in [-0.2, 0) is 20.2 Å². The Hall–Kier alpha value is -1.08. The summed E-state index contributed by atoms with van der Waals surface area (Å²) in [6.45, 7) is 5.82. The highest BCUT2D eigenvalue weighted by atomic mass is 35.7. The molecule has 0 fully saturated rings. The molecule has 1 N–H and O–H groups in total. The van der Waals surface area contributed by atoms with Gasteiger partial charge in [-0.15, -0.1) is 0 Å². The van der Waals surface area contributed by atoms with Crippen LogP contribution in [0.5, 0.6) is 0 Å². The minimum Gasteiger partial charge on any atom is -0.461 e. The van der Waals surface area contributed by atoms with E-state index >= 15 is 0 Å². The number of rotatable bonds is 6. The van der Waals surface area contributed by atoms with E-state index in [-0.39, 0.29) is 23.1 Å². The van der Waals surface area contributed by atoms with Crippen LogP contribution in [0.3, 0.4) is 0 Å². The van der Waals surface area contributed by atoms with Gasteiger partial charge in [-0.25, -0.2) is 13.2 Å². The van der Waals surface area contributed by atoms with Crippen LogP contribution in [-0.4, -0.2) is 31.2 Å². The molecule has 0 amide bonds. The molecule has 0 spiro atoms. The zero-order chi connectivity index (χ0) is 14.6. The molecule has 0 radical (unpaired) electrons. The molecular formula is C11H17ClN2O4S. The van der Waals surface area contributed by atoms with Crippen molar-refractivity contribution in [1.29, 1.82) is 0 Å². The second kappa shape index (κ2) is 6.38. The maximum Gasteiger partial charge on any atom is 0.360 e. The summed E-state index contributed by atoms with van der Waals surface area (Å²) in [7, 11) is 1.31. The van der Waals surface area contributed by atoms with Crippen LogP contribution in [0.1, 0.15) is 43.4 Å². The lowest BCUT2D eigenvalue weighted by Crippen LogP contribution is -2.13. The third-order valence-corrected chi connectivity index (χ3v) is 3.67. The molecule has 6 nitrogen and oxygen atoms in total. The Kier molecular flexibility index (Phi) is 5.37. The number of carbonyl (C=O) groups excluding carboxylic acids is 1. The van der Waals surface area contributed by atoms with Crippen molar-refractivity contribution < 1.29 is 17.9 Å². The van der Waals surface area contributed by atoms with Crippen molar-refractivity contribution in [3.8, 4) is 0 Å². The van der Waals surface area contributed by atoms with Crippen LogP contribution in [0, 0.1) is 5.92 Å². The van der Waals surface area contributed by atoms with Crippen molar-refractivity contribution >= 4 is 25.7 Å². The molecule has 8 heteroatoms. The lowest BCUT2D eigenvalue weighted by atomic mass is 10.2. The molecular weight excluding hydrogens is 292 g/mol. The number of H-pyrrole nitrogens is 1. The monoisotopic (exact) mass is 308 g/mol. The number of hydrogen-bond acceptors (Lipinski definition) is 5. The normalized spacial score (nSPS) is 11.8. The summed E-state index contributed by atoms with van der Waals surface area (Å²) in [4.78, 5) is 11.5. The molecule has 0 unspecified atom stereocenters. The fourth-order valence-corrected chi connectivity index (χ4v) is 2.80. The predicted octanol–water partition coefficient (Wildman–Crippen LogP) is 2.10. The molecule has 108 valence electrons. The number of aromatic nitrogens is 2. The highest BCUT2D eigenvalue weighted by Crippen LogP contribution is 2.24. The first-order chi connectivity index (χ1) is 8.77. The Morgan fingerprint density at radius 1 is 1.47 bits per heavy atom. The number of nitrogens with zero attached hydrogens (tertiary/aromatic N) is 1. The van der Waals surface area contributed by atoms with Crippen molar-refractivity contribution in [2.24, 2.45) is 5.92 Å². The maximum atomic E-state index is 11.8. The fourth-order valence-electron chi connectivity index (χ4n) is 1.50. The molecule has 0 bridgehead atoms. The quantitative estimate of drug-likeness (QED) is 0.642. The third kappa shape index (κ3) is 4.21. The van der Waals surface area contributed by atoms with Gasteiger partial charge in [0.1, 0.15) is 4.90 Å². The maximum absolute atomic E-state index is 11.8. The number of nitrogens with one attached hydrogen (secondary N) is 1. The highest BCUT2D eigenvalue weighted by molar-refractivity contribution is 8.13. The first-order valence-corrected chi connectivity index (χ1v) is 8.27. The zero-order valence-corrected chi connectivity index (χ0v) is 12.6. The summed E-state index contributed by atoms with van der Waals surface area (Å²) in [6, 6.07) is 0. The van der Waals surface area contributed by atoms with Gasteiger partial charge in [0.15, 0.2) is 5.69 Å². The number of hydrogen-bond donors (Lipinski definition) is 1. The van der Waals surface area contributed by atoms with Crippen molar-refractivity contribution in [2.45, 2.75) is 38.5 Å². The van der Waals surface area contributed by atoms with Crippen LogP contribution in [0.2, 0.25) is 0 Å². The van der Waals surface area contributed by atoms with Gasteiger partial charge in [-0.2, -0.15) is 5.10 Å². The second-order valence-corrected chi connectivity index (χ2v) is 7.06. The first-order valence-electron chi connectivity index (χ1n) is 5.96. The Labute approximate surface area is 116 Å². The van der Waals surface area contributed by atoms with Gasteiger partial charge in [-0.1, -0.05) is 27.2 Å². The van der Waals surface area contributed by atoms with Crippen LogP contribution in [0.15, 0.2) is 4.90 Å². The number of aromatic amines is 1. The average Bonchev–Trinajstić information content (AvgIpc) is 2.70. The Morgan fingerprint density at radius 2 is 2.11 bits per heavy atom. The van der Waals surface area contributed by atoms with E-state index in [4.69, 9.17) is 15.4 Å². The van der Waals surface area contributed by atoms with Crippen molar-refractivity contribution in [2.75, 3.05) is 6.61 Å². The summed E-state index contributed by atoms with van der Waals surface area (Å²) < 4.78 is 28.1. The van der Waals surface area contributed by atoms with Crippen molar-refractivity contribution in [1.82, 2.24) is 10.2 Å². The molecule has 1 aromatic heterocycles. The summed E-state index contributed by atoms with van der Waals surface area (Å²) in [5.74, 6) is -0.638. The van der Waals surface area contributed by atoms with E-state index in [9.17, 15) is 13.2 Å². The van der Waals surface area contributed by atoms with Gasteiger partial charge in [0.05, 0.1) is 12.3 Å². The molecule has 0 aromatic carbocycles. The number of carbonyl (C=O) groups is 1. The summed E-state index contributed by atoms with van der Waals surface area (Å²) >= 11 is 0. The Bertz CT molecular complexity index is 551. The van der Waals surface area contributed by atoms with E-state index in [1.54, 1.807) is 0 Å². The minimum absolute atomic E-state index is 0.147. The van der Waals surface area contributed by atoms with Crippen LogP contribution in [0.4, 0.5) is 0 Å². The largest absolute Gasteiger partial charge is 0.461 e. The number of halogens is 1. The van der Waals surface area contributed by atoms with Gasteiger partial charge in [-0.3, -0.25) is 5.10 Å². The van der Waals surface area contributed by atoms with E-state index in [0.717, 1.165) is 0 Å². The molecule has 0 aliphatic rings. The molecule has 1 rings (SSSR count). The van der Waals surface area contributed by atoms with E-state index in [0.29, 0.717) is 18.5 Å². The predicted molar refractivity (Wildman–Crippen MR) is 70.7 cm³/mol. The highest BCUT2D eigenvalue weighted by Gasteiger charge is 2.29. The van der Waals surface area contributed by atoms with Gasteiger partial charge in [0.25, 0.3) is 9.05 Å². The van der Waals surface area contributed by atoms with Gasteiger partial charge < -0.3 is 4.74 Å².